The molecule has 3 atom stereocenters. The van der Waals surface area contributed by atoms with E-state index in [-0.39, 0.29) is 49.5 Å². The third-order valence-corrected chi connectivity index (χ3v) is 6.59. The number of halogens is 1. The molecule has 32 heavy (non-hydrogen) atoms. The van der Waals surface area contributed by atoms with Gasteiger partial charge in [-0.25, -0.2) is 4.98 Å². The zero-order valence-electron chi connectivity index (χ0n) is 18.7. The number of rotatable bonds is 5. The zero-order chi connectivity index (χ0) is 22.9. The highest BCUT2D eigenvalue weighted by Gasteiger charge is 2.42. The van der Waals surface area contributed by atoms with E-state index >= 15 is 0 Å². The van der Waals surface area contributed by atoms with E-state index in [2.05, 4.69) is 10.3 Å². The molecule has 2 amide bonds. The van der Waals surface area contributed by atoms with Crippen molar-refractivity contribution in [3.8, 4) is 16.2 Å². The summed E-state index contributed by atoms with van der Waals surface area (Å²) in [6, 6.07) is 3.71. The van der Waals surface area contributed by atoms with Crippen LogP contribution in [0.5, 0.6) is 5.75 Å². The number of thiazole rings is 1. The summed E-state index contributed by atoms with van der Waals surface area (Å²) in [7, 11) is 0. The number of nitrogens with one attached hydrogen (secondary N) is 1. The van der Waals surface area contributed by atoms with Gasteiger partial charge in [0.25, 0.3) is 0 Å². The summed E-state index contributed by atoms with van der Waals surface area (Å²) in [5, 5.41) is 23.3. The Labute approximate surface area is 198 Å². The van der Waals surface area contributed by atoms with Gasteiger partial charge in [0, 0.05) is 25.1 Å². The third-order valence-electron chi connectivity index (χ3n) is 5.61. The number of aliphatic hydroxyl groups is 1. The summed E-state index contributed by atoms with van der Waals surface area (Å²) in [5.74, 6) is -0.663. The minimum absolute atomic E-state index is 0. The number of β-amino-alcohol motifs (C(OH)–C–C–N with tert-alkyl or cyclic N) is 1. The minimum Gasteiger partial charge on any atom is -0.508 e. The topological polar surface area (TPSA) is 129 Å². The molecule has 8 nitrogen and oxygen atoms in total. The number of nitrogens with zero attached hydrogens (tertiary/aromatic N) is 2. The van der Waals surface area contributed by atoms with Gasteiger partial charge < -0.3 is 26.2 Å². The number of carbonyl (C=O) groups is 2. The molecule has 0 bridgehead atoms. The van der Waals surface area contributed by atoms with Gasteiger partial charge in [-0.1, -0.05) is 32.9 Å². The molecule has 1 fully saturated rings. The molecular formula is C22H31ClN4O4S. The molecule has 2 aromatic rings. The minimum atomic E-state index is -0.794. The lowest BCUT2D eigenvalue weighted by molar-refractivity contribution is -0.141. The molecule has 176 valence electrons. The fourth-order valence-electron chi connectivity index (χ4n) is 3.59. The van der Waals surface area contributed by atoms with Crippen LogP contribution in [0.2, 0.25) is 0 Å². The molecule has 3 unspecified atom stereocenters. The van der Waals surface area contributed by atoms with Crippen molar-refractivity contribution in [2.75, 3.05) is 6.54 Å². The molecular weight excluding hydrogens is 452 g/mol. The molecule has 3 rings (SSSR count). The summed E-state index contributed by atoms with van der Waals surface area (Å²) < 4.78 is 0. The Kier molecular flexibility index (Phi) is 8.27. The van der Waals surface area contributed by atoms with E-state index in [1.165, 1.54) is 16.2 Å². The van der Waals surface area contributed by atoms with E-state index in [1.807, 2.05) is 33.8 Å². The second-order valence-electron chi connectivity index (χ2n) is 9.07. The van der Waals surface area contributed by atoms with Crippen molar-refractivity contribution in [1.82, 2.24) is 15.2 Å². The first kappa shape index (κ1) is 26.1. The number of aromatic nitrogens is 1. The second kappa shape index (κ2) is 10.2. The van der Waals surface area contributed by atoms with Gasteiger partial charge in [0.2, 0.25) is 11.8 Å². The number of hydrogen-bond acceptors (Lipinski definition) is 7. The molecule has 0 radical (unpaired) electrons. The number of nitrogens with two attached hydrogens (primary N) is 1. The summed E-state index contributed by atoms with van der Waals surface area (Å²) in [5.41, 5.74) is 9.69. The maximum Gasteiger partial charge on any atom is 0.243 e. The summed E-state index contributed by atoms with van der Waals surface area (Å²) in [6.45, 7) is 7.67. The number of carbonyl (C=O) groups excluding carboxylic acids is 2. The van der Waals surface area contributed by atoms with E-state index in [1.54, 1.807) is 17.6 Å². The van der Waals surface area contributed by atoms with Crippen LogP contribution in [0.15, 0.2) is 23.7 Å². The van der Waals surface area contributed by atoms with Crippen LogP contribution in [0, 0.1) is 12.3 Å². The molecule has 0 saturated carbocycles. The highest BCUT2D eigenvalue weighted by molar-refractivity contribution is 7.13. The molecule has 2 heterocycles. The van der Waals surface area contributed by atoms with Gasteiger partial charge in [-0.15, -0.1) is 23.7 Å². The molecule has 1 saturated heterocycles. The number of aliphatic hydroxyl groups excluding tert-OH is 1. The Morgan fingerprint density at radius 1 is 1.38 bits per heavy atom. The first-order valence-corrected chi connectivity index (χ1v) is 11.1. The first-order valence-electron chi connectivity index (χ1n) is 10.2. The number of phenolic OH excluding ortho intramolecular Hbond substituents is 1. The molecule has 0 spiro atoms. The largest absolute Gasteiger partial charge is 0.508 e. The standard InChI is InChI=1S/C22H30N4O4S.ClH/c1-12-18(31-11-25-12)13-5-6-14(17(28)7-13)9-24-20(29)16-8-15(27)10-26(16)21(30)19(23)22(2,3)4;/h5-7,11,15-16,19,27-28H,8-10,23H2,1-4H3,(H,24,29);1H. The smallest absolute Gasteiger partial charge is 0.243 e. The fourth-order valence-corrected chi connectivity index (χ4v) is 4.39. The lowest BCUT2D eigenvalue weighted by Crippen LogP contribution is -2.54. The van der Waals surface area contributed by atoms with Crippen molar-refractivity contribution in [1.29, 1.82) is 0 Å². The van der Waals surface area contributed by atoms with Crippen LogP contribution in [0.3, 0.4) is 0 Å². The van der Waals surface area contributed by atoms with Crippen LogP contribution in [0.25, 0.3) is 10.4 Å². The zero-order valence-corrected chi connectivity index (χ0v) is 20.3. The fraction of sp³-hybridized carbons (Fsp3) is 0.500. The number of aryl methyl sites for hydroxylation is 1. The van der Waals surface area contributed by atoms with Crippen molar-refractivity contribution in [2.24, 2.45) is 11.1 Å². The van der Waals surface area contributed by atoms with Gasteiger partial charge in [0.1, 0.15) is 11.8 Å². The highest BCUT2D eigenvalue weighted by atomic mass is 35.5. The number of phenols is 1. The molecule has 0 aliphatic carbocycles. The van der Waals surface area contributed by atoms with Gasteiger partial charge in [0.15, 0.2) is 0 Å². The molecule has 5 N–H and O–H groups in total. The number of aromatic hydroxyl groups is 1. The van der Waals surface area contributed by atoms with Gasteiger partial charge in [0.05, 0.1) is 28.2 Å². The summed E-state index contributed by atoms with van der Waals surface area (Å²) in [6.07, 6.45) is -0.619. The van der Waals surface area contributed by atoms with Gasteiger partial charge >= 0.3 is 0 Å². The highest BCUT2D eigenvalue weighted by Crippen LogP contribution is 2.31. The Hall–Kier alpha value is -2.20. The molecule has 1 aromatic heterocycles. The lowest BCUT2D eigenvalue weighted by atomic mass is 9.86. The average molecular weight is 483 g/mol. The monoisotopic (exact) mass is 482 g/mol. The first-order chi connectivity index (χ1) is 14.5. The predicted octanol–water partition coefficient (Wildman–Crippen LogP) is 2.20. The van der Waals surface area contributed by atoms with E-state index in [0.29, 0.717) is 5.56 Å². The Balaban J connectivity index is 0.00000363. The SMILES string of the molecule is Cc1ncsc1-c1ccc(CNC(=O)C2CC(O)CN2C(=O)C(N)C(C)(C)C)c(O)c1.Cl. The number of benzene rings is 1. The van der Waals surface area contributed by atoms with Crippen LogP contribution in [0.1, 0.15) is 38.4 Å². The van der Waals surface area contributed by atoms with Gasteiger partial charge in [-0.3, -0.25) is 9.59 Å². The quantitative estimate of drug-likeness (QED) is 0.517. The Bertz CT molecular complexity index is 975. The van der Waals surface area contributed by atoms with Crippen molar-refractivity contribution < 1.29 is 19.8 Å². The van der Waals surface area contributed by atoms with Crippen LogP contribution in [-0.2, 0) is 16.1 Å². The second-order valence-corrected chi connectivity index (χ2v) is 9.92. The summed E-state index contributed by atoms with van der Waals surface area (Å²) in [4.78, 5) is 32.2. The number of amides is 2. The maximum absolute atomic E-state index is 12.8. The lowest BCUT2D eigenvalue weighted by Gasteiger charge is -2.32. The van der Waals surface area contributed by atoms with Crippen molar-refractivity contribution in [2.45, 2.75) is 58.8 Å². The van der Waals surface area contributed by atoms with E-state index < -0.39 is 23.6 Å². The number of hydrogen-bond donors (Lipinski definition) is 4. The van der Waals surface area contributed by atoms with Gasteiger partial charge in [-0.2, -0.15) is 0 Å². The average Bonchev–Trinajstić information content (AvgIpc) is 3.30. The van der Waals surface area contributed by atoms with Crippen LogP contribution in [-0.4, -0.2) is 56.6 Å². The van der Waals surface area contributed by atoms with Crippen LogP contribution >= 0.6 is 23.7 Å². The number of likely N-dealkylation sites (tertiary alicyclic amines) is 1. The van der Waals surface area contributed by atoms with Gasteiger partial charge in [-0.05, 0) is 24.0 Å². The Morgan fingerprint density at radius 2 is 2.06 bits per heavy atom. The molecule has 1 aliphatic heterocycles. The molecule has 1 aromatic carbocycles. The third kappa shape index (κ3) is 5.58. The molecule has 10 heteroatoms. The predicted molar refractivity (Wildman–Crippen MR) is 127 cm³/mol. The van der Waals surface area contributed by atoms with E-state index in [9.17, 15) is 19.8 Å². The van der Waals surface area contributed by atoms with Crippen molar-refractivity contribution >= 4 is 35.6 Å². The van der Waals surface area contributed by atoms with Crippen molar-refractivity contribution in [3.63, 3.8) is 0 Å². The van der Waals surface area contributed by atoms with E-state index in [0.717, 1.165) is 16.1 Å². The van der Waals surface area contributed by atoms with Crippen LogP contribution < -0.4 is 11.1 Å². The maximum atomic E-state index is 12.8. The Morgan fingerprint density at radius 3 is 2.62 bits per heavy atom. The summed E-state index contributed by atoms with van der Waals surface area (Å²) >= 11 is 1.50. The van der Waals surface area contributed by atoms with E-state index in [4.69, 9.17) is 5.73 Å². The molecule has 1 aliphatic rings. The van der Waals surface area contributed by atoms with Crippen LogP contribution in [0.4, 0.5) is 0 Å². The van der Waals surface area contributed by atoms with Crippen molar-refractivity contribution in [3.05, 3.63) is 35.0 Å². The normalized spacial score (nSPS) is 19.4.